The Morgan fingerprint density at radius 1 is 0.468 bits per heavy atom. The fourth-order valence-electron chi connectivity index (χ4n) is 9.81. The Hall–Kier alpha value is -6.89. The molecule has 13 heteroatoms. The van der Waals surface area contributed by atoms with Gasteiger partial charge < -0.3 is 33.3 Å². The standard InChI is InChI=1S/C45H42O8P2.C15H15O2P.C4H8/c1-45(2,31-19-23-35(24-20-31)50-27-33(46)29-54(48)43-17-9-5-13-39(43)37-11-3-7-15-41(37)52-54)32-21-25-36(26-22-32)51-28-34(47)30-55(49)44-18-10-6-14-40(44)38-12-4-8-16-42(38)53-55;1-2-11-18(16)15-10-6-4-8-13(15)12-7-3-5-9-14(12)17-18;1-3-4-2/h3-26,33-34,46-47H,27-30H2,1-2H3;3-10H,2,11H2,1H3;3H,1,4H2,2H3. The summed E-state index contributed by atoms with van der Waals surface area (Å²) in [6.07, 6.45) is 2.24. The molecule has 8 aromatic carbocycles. The van der Waals surface area contributed by atoms with Crippen LogP contribution < -0.4 is 39.0 Å². The largest absolute Gasteiger partial charge is 0.491 e. The molecular weight excluding hydrogens is 1020 g/mol. The molecule has 0 radical (unpaired) electrons. The highest BCUT2D eigenvalue weighted by Crippen LogP contribution is 2.57. The first-order chi connectivity index (χ1) is 37.2. The Kier molecular flexibility index (Phi) is 17.0. The van der Waals surface area contributed by atoms with Gasteiger partial charge in [-0.3, -0.25) is 13.7 Å². The van der Waals surface area contributed by atoms with Crippen LogP contribution in [0.3, 0.4) is 0 Å². The average molecular weight is 1090 g/mol. The van der Waals surface area contributed by atoms with Gasteiger partial charge in [0.25, 0.3) is 22.1 Å². The lowest BCUT2D eigenvalue weighted by Crippen LogP contribution is -2.28. The van der Waals surface area contributed by atoms with Gasteiger partial charge in [-0.2, -0.15) is 0 Å². The molecule has 0 bridgehead atoms. The number of para-hydroxylation sites is 3. The van der Waals surface area contributed by atoms with E-state index in [-0.39, 0.29) is 31.0 Å². The molecule has 0 amide bonds. The molecule has 5 atom stereocenters. The third-order valence-electron chi connectivity index (χ3n) is 13.8. The molecular formula is C64H65O10P3. The Balaban J connectivity index is 0.000000272. The molecule has 5 unspecified atom stereocenters. The van der Waals surface area contributed by atoms with E-state index in [1.165, 1.54) is 0 Å². The van der Waals surface area contributed by atoms with Crippen LogP contribution in [0.4, 0.5) is 0 Å². The van der Waals surface area contributed by atoms with Crippen LogP contribution in [0, 0.1) is 0 Å². The normalized spacial score (nSPS) is 18.9. The van der Waals surface area contributed by atoms with Crippen molar-refractivity contribution in [3.8, 4) is 62.1 Å². The van der Waals surface area contributed by atoms with Gasteiger partial charge in [-0.15, -0.1) is 6.58 Å². The number of benzene rings is 8. The monoisotopic (exact) mass is 1090 g/mol. The second-order valence-electron chi connectivity index (χ2n) is 19.7. The van der Waals surface area contributed by atoms with E-state index >= 15 is 0 Å². The van der Waals surface area contributed by atoms with E-state index in [1.54, 1.807) is 12.1 Å². The zero-order valence-corrected chi connectivity index (χ0v) is 46.5. The summed E-state index contributed by atoms with van der Waals surface area (Å²) in [6, 6.07) is 61.1. The fourth-order valence-corrected chi connectivity index (χ4v) is 16.9. The van der Waals surface area contributed by atoms with Gasteiger partial charge in [-0.05, 0) is 101 Å². The van der Waals surface area contributed by atoms with E-state index in [0.717, 1.165) is 68.4 Å². The SMILES string of the molecule is C=CCC.CC(C)(c1ccc(OCC(O)CP2(=O)Oc3ccccc3-c3ccccc32)cc1)c1ccc(OCC(O)CP2(=O)Oc3ccccc3-c3ccccc32)cc1.CCCP1(=O)Oc2ccccc2-c2ccccc21. The van der Waals surface area contributed by atoms with E-state index < -0.39 is 34.3 Å². The van der Waals surface area contributed by atoms with Crippen LogP contribution in [-0.4, -0.2) is 54.1 Å². The molecule has 3 aliphatic heterocycles. The average Bonchev–Trinajstić information content (AvgIpc) is 3.45. The number of hydrogen-bond donors (Lipinski definition) is 2. The molecule has 2 N–H and O–H groups in total. The van der Waals surface area contributed by atoms with E-state index in [1.807, 2.05) is 195 Å². The molecule has 0 aliphatic carbocycles. The van der Waals surface area contributed by atoms with Gasteiger partial charge in [0.15, 0.2) is 0 Å². The Bertz CT molecular complexity index is 3330. The molecule has 0 spiro atoms. The minimum atomic E-state index is -3.39. The Morgan fingerprint density at radius 2 is 0.766 bits per heavy atom. The molecule has 3 heterocycles. The molecule has 8 aromatic rings. The lowest BCUT2D eigenvalue weighted by atomic mass is 9.78. The van der Waals surface area contributed by atoms with Crippen LogP contribution in [0.2, 0.25) is 0 Å². The minimum absolute atomic E-state index is 0.0398. The summed E-state index contributed by atoms with van der Waals surface area (Å²) < 4.78 is 71.0. The Morgan fingerprint density at radius 3 is 1.10 bits per heavy atom. The van der Waals surface area contributed by atoms with Crippen LogP contribution in [0.5, 0.6) is 28.7 Å². The first-order valence-corrected chi connectivity index (χ1v) is 31.5. The lowest BCUT2D eigenvalue weighted by Gasteiger charge is -2.30. The fraction of sp³-hybridized carbons (Fsp3) is 0.219. The molecule has 396 valence electrons. The summed E-state index contributed by atoms with van der Waals surface area (Å²) in [5, 5.41) is 24.0. The van der Waals surface area contributed by atoms with Crippen LogP contribution in [0.25, 0.3) is 33.4 Å². The van der Waals surface area contributed by atoms with Gasteiger partial charge in [0.2, 0.25) is 0 Å². The molecule has 10 nitrogen and oxygen atoms in total. The smallest absolute Gasteiger partial charge is 0.280 e. The van der Waals surface area contributed by atoms with Crippen molar-refractivity contribution in [1.82, 2.24) is 0 Å². The zero-order valence-electron chi connectivity index (χ0n) is 43.9. The van der Waals surface area contributed by atoms with Gasteiger partial charge in [0.05, 0.1) is 40.4 Å². The maximum atomic E-state index is 14.1. The number of rotatable bonds is 15. The lowest BCUT2D eigenvalue weighted by molar-refractivity contribution is 0.123. The van der Waals surface area contributed by atoms with Crippen molar-refractivity contribution >= 4 is 38.0 Å². The van der Waals surface area contributed by atoms with Gasteiger partial charge >= 0.3 is 0 Å². The highest BCUT2D eigenvalue weighted by molar-refractivity contribution is 7.68. The summed E-state index contributed by atoms with van der Waals surface area (Å²) in [5.41, 5.74) is 7.33. The summed E-state index contributed by atoms with van der Waals surface area (Å²) >= 11 is 0. The van der Waals surface area contributed by atoms with Crippen molar-refractivity contribution in [3.05, 3.63) is 218 Å². The van der Waals surface area contributed by atoms with E-state index in [4.69, 9.17) is 23.0 Å². The van der Waals surface area contributed by atoms with Crippen molar-refractivity contribution < 1.29 is 47.0 Å². The predicted octanol–water partition coefficient (Wildman–Crippen LogP) is 14.5. The third kappa shape index (κ3) is 12.0. The summed E-state index contributed by atoms with van der Waals surface area (Å²) in [7, 11) is -9.51. The van der Waals surface area contributed by atoms with Crippen molar-refractivity contribution in [2.45, 2.75) is 58.2 Å². The second-order valence-corrected chi connectivity index (χ2v) is 26.9. The van der Waals surface area contributed by atoms with Crippen molar-refractivity contribution in [2.24, 2.45) is 0 Å². The van der Waals surface area contributed by atoms with Crippen LogP contribution in [-0.2, 0) is 19.1 Å². The molecule has 0 fully saturated rings. The maximum Gasteiger partial charge on any atom is 0.280 e. The summed E-state index contributed by atoms with van der Waals surface area (Å²) in [6.45, 7) is 11.7. The molecule has 0 saturated heterocycles. The van der Waals surface area contributed by atoms with Crippen molar-refractivity contribution in [2.75, 3.05) is 31.7 Å². The molecule has 0 aromatic heterocycles. The summed E-state index contributed by atoms with van der Waals surface area (Å²) in [4.78, 5) is 0. The molecule has 0 saturated carbocycles. The van der Waals surface area contributed by atoms with E-state index in [9.17, 15) is 23.9 Å². The van der Waals surface area contributed by atoms with Crippen molar-refractivity contribution in [1.29, 1.82) is 0 Å². The van der Waals surface area contributed by atoms with Gasteiger partial charge in [0.1, 0.15) is 42.0 Å². The highest BCUT2D eigenvalue weighted by atomic mass is 31.2. The van der Waals surface area contributed by atoms with E-state index in [0.29, 0.717) is 39.8 Å². The topological polar surface area (TPSA) is 138 Å². The quantitative estimate of drug-likeness (QED) is 0.0754. The number of ether oxygens (including phenoxy) is 2. The summed E-state index contributed by atoms with van der Waals surface area (Å²) in [5.74, 6) is 3.02. The predicted molar refractivity (Wildman–Crippen MR) is 313 cm³/mol. The van der Waals surface area contributed by atoms with Crippen molar-refractivity contribution in [3.63, 3.8) is 0 Å². The minimum Gasteiger partial charge on any atom is -0.491 e. The van der Waals surface area contributed by atoms with Crippen LogP contribution >= 0.6 is 22.1 Å². The van der Waals surface area contributed by atoms with Gasteiger partial charge in [0, 0.05) is 28.3 Å². The van der Waals surface area contributed by atoms with Crippen LogP contribution in [0.15, 0.2) is 207 Å². The van der Waals surface area contributed by atoms with Gasteiger partial charge in [-0.25, -0.2) is 0 Å². The Labute approximate surface area is 452 Å². The first-order valence-electron chi connectivity index (χ1n) is 26.0. The molecule has 3 aliphatic rings. The first kappa shape index (κ1) is 54.9. The molecule has 77 heavy (non-hydrogen) atoms. The number of allylic oxidation sites excluding steroid dienone is 1. The zero-order chi connectivity index (χ0) is 54.2. The number of hydrogen-bond acceptors (Lipinski definition) is 10. The maximum absolute atomic E-state index is 14.1. The molecule has 11 rings (SSSR count). The number of aliphatic hydroxyl groups excluding tert-OH is 2. The highest BCUT2D eigenvalue weighted by Gasteiger charge is 2.40. The second kappa shape index (κ2) is 23.8. The van der Waals surface area contributed by atoms with E-state index in [2.05, 4.69) is 27.4 Å². The number of aliphatic hydroxyl groups is 2. The van der Waals surface area contributed by atoms with Gasteiger partial charge in [-0.1, -0.05) is 167 Å². The third-order valence-corrected chi connectivity index (χ3v) is 21.5. The van der Waals surface area contributed by atoms with Crippen LogP contribution in [0.1, 0.15) is 51.7 Å². The number of fused-ring (bicyclic) bond motifs is 9.